The average molecular weight is 486 g/mol. The Morgan fingerprint density at radius 2 is 1.85 bits per heavy atom. The molecule has 180 valence electrons. The summed E-state index contributed by atoms with van der Waals surface area (Å²) >= 11 is 1.38. The summed E-state index contributed by atoms with van der Waals surface area (Å²) in [6, 6.07) is 7.25. The number of fused-ring (bicyclic) bond motifs is 2. The Morgan fingerprint density at radius 1 is 1.06 bits per heavy atom. The molecule has 0 aliphatic carbocycles. The van der Waals surface area contributed by atoms with Crippen LogP contribution in [-0.4, -0.2) is 64.2 Å². The molecule has 4 heterocycles. The summed E-state index contributed by atoms with van der Waals surface area (Å²) in [4.78, 5) is 53.2. The molecule has 2 aromatic rings. The average Bonchev–Trinajstić information content (AvgIpc) is 3.50. The fraction of sp³-hybridized carbons (Fsp3) is 0.500. The van der Waals surface area contributed by atoms with Crippen molar-refractivity contribution in [3.8, 4) is 0 Å². The fourth-order valence-corrected chi connectivity index (χ4v) is 6.16. The van der Waals surface area contributed by atoms with E-state index in [1.165, 1.54) is 11.3 Å². The molecule has 34 heavy (non-hydrogen) atoms. The number of ether oxygens (including phenoxy) is 1. The maximum Gasteiger partial charge on any atom is 0.310 e. The van der Waals surface area contributed by atoms with Gasteiger partial charge in [-0.15, -0.1) is 11.3 Å². The Morgan fingerprint density at radius 3 is 2.62 bits per heavy atom. The van der Waals surface area contributed by atoms with Gasteiger partial charge >= 0.3 is 5.97 Å². The molecule has 3 saturated heterocycles. The first-order chi connectivity index (χ1) is 16.4. The van der Waals surface area contributed by atoms with Gasteiger partial charge in [0.1, 0.15) is 18.1 Å². The number of benzene rings is 1. The molecule has 3 aliphatic heterocycles. The van der Waals surface area contributed by atoms with Crippen LogP contribution in [0.2, 0.25) is 0 Å². The molecule has 1 aromatic carbocycles. The summed E-state index contributed by atoms with van der Waals surface area (Å²) < 4.78 is 5.71. The quantitative estimate of drug-likeness (QED) is 0.566. The van der Waals surface area contributed by atoms with E-state index in [0.29, 0.717) is 24.1 Å². The predicted octanol–water partition coefficient (Wildman–Crippen LogP) is 1.68. The van der Waals surface area contributed by atoms with Crippen molar-refractivity contribution in [2.45, 2.75) is 75.4 Å². The van der Waals surface area contributed by atoms with Crippen molar-refractivity contribution in [1.29, 1.82) is 0 Å². The van der Waals surface area contributed by atoms with Crippen molar-refractivity contribution in [2.24, 2.45) is 0 Å². The summed E-state index contributed by atoms with van der Waals surface area (Å²) in [5.74, 6) is -1.53. The molecule has 3 fully saturated rings. The van der Waals surface area contributed by atoms with Crippen LogP contribution in [0, 0.1) is 0 Å². The van der Waals surface area contributed by atoms with Gasteiger partial charge in [0.05, 0.1) is 11.3 Å². The number of nitrogens with one attached hydrogen (secondary N) is 2. The third kappa shape index (κ3) is 4.39. The van der Waals surface area contributed by atoms with Crippen molar-refractivity contribution in [2.75, 3.05) is 0 Å². The molecule has 0 radical (unpaired) electrons. The lowest BCUT2D eigenvalue weighted by Gasteiger charge is -2.35. The van der Waals surface area contributed by atoms with Gasteiger partial charge in [-0.3, -0.25) is 19.2 Å². The summed E-state index contributed by atoms with van der Waals surface area (Å²) in [5.41, 5.74) is 0. The van der Waals surface area contributed by atoms with Gasteiger partial charge in [0.15, 0.2) is 0 Å². The molecule has 3 aliphatic rings. The highest BCUT2D eigenvalue weighted by atomic mass is 32.1. The van der Waals surface area contributed by atoms with Crippen LogP contribution in [0.1, 0.15) is 54.6 Å². The lowest BCUT2D eigenvalue weighted by atomic mass is 9.99. The van der Waals surface area contributed by atoms with E-state index in [2.05, 4.69) is 10.6 Å². The van der Waals surface area contributed by atoms with Gasteiger partial charge < -0.3 is 25.4 Å². The first-order valence-electron chi connectivity index (χ1n) is 11.7. The Balaban J connectivity index is 1.31. The third-order valence-corrected chi connectivity index (χ3v) is 8.02. The molecular weight excluding hydrogens is 458 g/mol. The van der Waals surface area contributed by atoms with E-state index < -0.39 is 36.3 Å². The molecule has 2 unspecified atom stereocenters. The number of thiophene rings is 1. The number of hydrogen-bond acceptors (Lipinski definition) is 7. The molecule has 5 atom stereocenters. The minimum atomic E-state index is -1.38. The van der Waals surface area contributed by atoms with Crippen LogP contribution in [0.15, 0.2) is 30.3 Å². The largest absolute Gasteiger partial charge is 0.434 e. The number of nitrogens with zero attached hydrogens (tertiary/aromatic N) is 1. The van der Waals surface area contributed by atoms with Crippen molar-refractivity contribution in [3.63, 3.8) is 0 Å². The minimum Gasteiger partial charge on any atom is -0.434 e. The van der Waals surface area contributed by atoms with Crippen LogP contribution in [-0.2, 0) is 19.1 Å². The van der Waals surface area contributed by atoms with E-state index in [9.17, 15) is 24.3 Å². The second kappa shape index (κ2) is 9.34. The van der Waals surface area contributed by atoms with Crippen molar-refractivity contribution in [1.82, 2.24) is 15.5 Å². The number of carbonyl (C=O) groups is 4. The monoisotopic (exact) mass is 485 g/mol. The van der Waals surface area contributed by atoms with E-state index in [-0.39, 0.29) is 24.3 Å². The SMILES string of the molecule is O=C1CC(NC(=O)[C@@H]2CC[C@@H]3CCCC[C@H](NC(=O)c4cc5ccccc5s4)C(=O)N32)C(O)O1. The van der Waals surface area contributed by atoms with Gasteiger partial charge in [0, 0.05) is 10.7 Å². The number of rotatable bonds is 4. The van der Waals surface area contributed by atoms with E-state index in [1.54, 1.807) is 4.90 Å². The zero-order chi connectivity index (χ0) is 23.8. The Hall–Kier alpha value is -2.98. The number of esters is 1. The molecule has 10 heteroatoms. The van der Waals surface area contributed by atoms with Crippen LogP contribution in [0.3, 0.4) is 0 Å². The van der Waals surface area contributed by atoms with Gasteiger partial charge in [-0.05, 0) is 43.2 Å². The normalized spacial score (nSPS) is 29.3. The second-order valence-electron chi connectivity index (χ2n) is 9.15. The summed E-state index contributed by atoms with van der Waals surface area (Å²) in [7, 11) is 0. The van der Waals surface area contributed by atoms with Crippen LogP contribution < -0.4 is 10.6 Å². The van der Waals surface area contributed by atoms with E-state index >= 15 is 0 Å². The van der Waals surface area contributed by atoms with Gasteiger partial charge in [-0.1, -0.05) is 31.0 Å². The number of aliphatic hydroxyl groups is 1. The Labute approximate surface area is 200 Å². The summed E-state index contributed by atoms with van der Waals surface area (Å²) in [5, 5.41) is 16.4. The molecule has 3 amide bonds. The predicted molar refractivity (Wildman–Crippen MR) is 124 cm³/mol. The number of carbonyl (C=O) groups excluding carboxylic acids is 4. The van der Waals surface area contributed by atoms with Gasteiger partial charge in [-0.25, -0.2) is 0 Å². The highest BCUT2D eigenvalue weighted by Crippen LogP contribution is 2.32. The molecule has 1 aromatic heterocycles. The maximum atomic E-state index is 13.6. The van der Waals surface area contributed by atoms with Gasteiger partial charge in [-0.2, -0.15) is 0 Å². The van der Waals surface area contributed by atoms with Crippen molar-refractivity contribution < 1.29 is 29.0 Å². The first kappa shape index (κ1) is 22.8. The summed E-state index contributed by atoms with van der Waals surface area (Å²) in [6.07, 6.45) is 2.74. The molecule has 0 spiro atoms. The summed E-state index contributed by atoms with van der Waals surface area (Å²) in [6.45, 7) is 0. The lowest BCUT2D eigenvalue weighted by Crippen LogP contribution is -2.57. The molecule has 9 nitrogen and oxygen atoms in total. The smallest absolute Gasteiger partial charge is 0.310 e. The number of cyclic esters (lactones) is 1. The van der Waals surface area contributed by atoms with Crippen LogP contribution >= 0.6 is 11.3 Å². The van der Waals surface area contributed by atoms with Crippen LogP contribution in [0.4, 0.5) is 0 Å². The van der Waals surface area contributed by atoms with E-state index in [4.69, 9.17) is 4.74 Å². The van der Waals surface area contributed by atoms with Crippen molar-refractivity contribution >= 4 is 45.1 Å². The van der Waals surface area contributed by atoms with E-state index in [1.807, 2.05) is 30.3 Å². The molecule has 0 bridgehead atoms. The highest BCUT2D eigenvalue weighted by Gasteiger charge is 2.45. The van der Waals surface area contributed by atoms with Gasteiger partial charge in [0.2, 0.25) is 18.1 Å². The highest BCUT2D eigenvalue weighted by molar-refractivity contribution is 7.20. The third-order valence-electron chi connectivity index (χ3n) is 6.90. The number of aliphatic hydroxyl groups excluding tert-OH is 1. The molecule has 5 rings (SSSR count). The zero-order valence-electron chi connectivity index (χ0n) is 18.6. The first-order valence-corrected chi connectivity index (χ1v) is 12.5. The van der Waals surface area contributed by atoms with Crippen LogP contribution in [0.5, 0.6) is 0 Å². The molecular formula is C24H27N3O6S. The molecule has 0 saturated carbocycles. The van der Waals surface area contributed by atoms with E-state index in [0.717, 1.165) is 29.3 Å². The standard InChI is InChI=1S/C24H27N3O6S/c28-20-12-16(24(32)33-20)26-21(29)17-10-9-14-6-2-3-7-15(23(31)27(14)17)25-22(30)19-11-13-5-1-4-8-18(13)34-19/h1,4-5,8,11,14-17,24,32H,2-3,6-7,9-10,12H2,(H,25,30)(H,26,29)/t14-,15-,16?,17-,24?/m0/s1. The maximum absolute atomic E-state index is 13.6. The lowest BCUT2D eigenvalue weighted by molar-refractivity contribution is -0.155. The van der Waals surface area contributed by atoms with Crippen LogP contribution in [0.25, 0.3) is 10.1 Å². The van der Waals surface area contributed by atoms with Crippen molar-refractivity contribution in [3.05, 3.63) is 35.2 Å². The fourth-order valence-electron chi connectivity index (χ4n) is 5.19. The zero-order valence-corrected chi connectivity index (χ0v) is 19.4. The number of amides is 3. The molecule has 3 N–H and O–H groups in total. The topological polar surface area (TPSA) is 125 Å². The minimum absolute atomic E-state index is 0.0707. The van der Waals surface area contributed by atoms with Gasteiger partial charge in [0.25, 0.3) is 5.91 Å². The second-order valence-corrected chi connectivity index (χ2v) is 10.2. The Bertz CT molecular complexity index is 1100. The Kier molecular flexibility index (Phi) is 6.26. The number of hydrogen-bond donors (Lipinski definition) is 3.